The molecule has 4 aliphatic rings. The van der Waals surface area contributed by atoms with E-state index in [1.54, 1.807) is 0 Å². The molecule has 3 unspecified atom stereocenters. The van der Waals surface area contributed by atoms with Crippen molar-refractivity contribution < 1.29 is 19.1 Å². The van der Waals surface area contributed by atoms with Crippen LogP contribution in [0, 0.1) is 17.2 Å². The molecule has 2 fully saturated rings. The molecule has 1 aromatic heterocycles. The van der Waals surface area contributed by atoms with Crippen LogP contribution in [-0.2, 0) is 4.74 Å². The number of H-pyrrole nitrogens is 1. The van der Waals surface area contributed by atoms with Crippen molar-refractivity contribution in [3.63, 3.8) is 0 Å². The van der Waals surface area contributed by atoms with E-state index in [4.69, 9.17) is 14.7 Å². The summed E-state index contributed by atoms with van der Waals surface area (Å²) in [5.41, 5.74) is 5.36. The molecule has 3 aromatic rings. The lowest BCUT2D eigenvalue weighted by Gasteiger charge is -2.27. The number of rotatable bonds is 4. The van der Waals surface area contributed by atoms with E-state index in [2.05, 4.69) is 21.7 Å². The molecule has 0 spiro atoms. The molecule has 0 aliphatic carbocycles. The van der Waals surface area contributed by atoms with Crippen LogP contribution in [-0.4, -0.2) is 60.7 Å². The van der Waals surface area contributed by atoms with E-state index in [1.807, 2.05) is 41.3 Å². The lowest BCUT2D eigenvalue weighted by atomic mass is 9.82. The first-order chi connectivity index (χ1) is 19.1. The zero-order valence-corrected chi connectivity index (χ0v) is 21.4. The molecule has 0 saturated carbocycles. The maximum atomic E-state index is 13.7. The number of ether oxygens (including phenoxy) is 2. The number of nitrogens with one attached hydrogen (secondary N) is 3. The third kappa shape index (κ3) is 4.12. The molecule has 2 saturated heterocycles. The van der Waals surface area contributed by atoms with Crippen LogP contribution in [0.3, 0.4) is 0 Å². The average molecular weight is 524 g/mol. The number of likely N-dealkylation sites (tertiary alicyclic amines) is 1. The minimum Gasteiger partial charge on any atom is -0.487 e. The first-order valence-corrected chi connectivity index (χ1v) is 13.5. The van der Waals surface area contributed by atoms with E-state index in [0.717, 1.165) is 49.6 Å². The highest BCUT2D eigenvalue weighted by Crippen LogP contribution is 2.47. The maximum absolute atomic E-state index is 13.7. The number of aromatic amines is 1. The molecule has 198 valence electrons. The topological polar surface area (TPSA) is 119 Å². The Labute approximate surface area is 226 Å². The second-order valence-electron chi connectivity index (χ2n) is 10.8. The normalized spacial score (nSPS) is 23.3. The standard InChI is InChI=1S/C30H29N5O4/c31-12-17-10-25(32-13-17)29(36)34-24-2-1-3-26-28(24)22-15-35(16-27(22)39-26)30(37)19-4-5-23-20(11-19)21(14-33-23)18-6-8-38-9-7-18/h1-5,10-11,13,18,21-22,27,32-33H,6-9,14-16H2,(H,34,36). The van der Waals surface area contributed by atoms with Gasteiger partial charge in [-0.3, -0.25) is 9.59 Å². The van der Waals surface area contributed by atoms with Gasteiger partial charge in [0.1, 0.15) is 23.6 Å². The highest BCUT2D eigenvalue weighted by Gasteiger charge is 2.45. The molecule has 2 amide bonds. The van der Waals surface area contributed by atoms with Gasteiger partial charge in [0.25, 0.3) is 11.8 Å². The minimum absolute atomic E-state index is 0.00640. The minimum atomic E-state index is -0.329. The number of hydrogen-bond acceptors (Lipinski definition) is 6. The van der Waals surface area contributed by atoms with Gasteiger partial charge in [-0.05, 0) is 60.7 Å². The summed E-state index contributed by atoms with van der Waals surface area (Å²) in [6.07, 6.45) is 3.45. The van der Waals surface area contributed by atoms with Crippen molar-refractivity contribution in [2.75, 3.05) is 43.5 Å². The van der Waals surface area contributed by atoms with Crippen LogP contribution in [0.25, 0.3) is 0 Å². The Morgan fingerprint density at radius 2 is 1.95 bits per heavy atom. The molecule has 0 bridgehead atoms. The highest BCUT2D eigenvalue weighted by atomic mass is 16.5. The summed E-state index contributed by atoms with van der Waals surface area (Å²) >= 11 is 0. The molecule has 5 heterocycles. The number of benzene rings is 2. The number of hydrogen-bond donors (Lipinski definition) is 3. The van der Waals surface area contributed by atoms with Crippen LogP contribution in [0.1, 0.15) is 62.2 Å². The molecule has 3 atom stereocenters. The number of aromatic nitrogens is 1. The van der Waals surface area contributed by atoms with Gasteiger partial charge in [-0.2, -0.15) is 5.26 Å². The third-order valence-corrected chi connectivity index (χ3v) is 8.62. The summed E-state index contributed by atoms with van der Waals surface area (Å²) in [4.78, 5) is 31.3. The van der Waals surface area contributed by atoms with Crippen LogP contribution < -0.4 is 15.4 Å². The summed E-state index contributed by atoms with van der Waals surface area (Å²) in [5, 5.41) is 15.6. The van der Waals surface area contributed by atoms with Crippen molar-refractivity contribution in [1.29, 1.82) is 5.26 Å². The molecule has 3 N–H and O–H groups in total. The fourth-order valence-corrected chi connectivity index (χ4v) is 6.63. The first kappa shape index (κ1) is 23.8. The third-order valence-electron chi connectivity index (χ3n) is 8.62. The molecule has 0 radical (unpaired) electrons. The average Bonchev–Trinajstić information content (AvgIpc) is 3.75. The molecular weight excluding hydrogens is 494 g/mol. The quantitative estimate of drug-likeness (QED) is 0.474. The van der Waals surface area contributed by atoms with Crippen molar-refractivity contribution in [1.82, 2.24) is 9.88 Å². The van der Waals surface area contributed by atoms with Crippen molar-refractivity contribution >= 4 is 23.2 Å². The Balaban J connectivity index is 1.09. The van der Waals surface area contributed by atoms with Crippen LogP contribution >= 0.6 is 0 Å². The van der Waals surface area contributed by atoms with Gasteiger partial charge in [0.2, 0.25) is 0 Å². The molecule has 2 aromatic carbocycles. The zero-order chi connectivity index (χ0) is 26.5. The SMILES string of the molecule is N#Cc1c[nH]c(C(=O)Nc2cccc3c2C2CN(C(=O)c4ccc5c(c4)C(C4CCOCC4)CN5)CC2O3)c1. The lowest BCUT2D eigenvalue weighted by Crippen LogP contribution is -2.31. The van der Waals surface area contributed by atoms with Gasteiger partial charge in [-0.25, -0.2) is 0 Å². The molecule has 4 aliphatic heterocycles. The summed E-state index contributed by atoms with van der Waals surface area (Å²) in [5.74, 6) is 1.35. The molecule has 9 heteroatoms. The zero-order valence-electron chi connectivity index (χ0n) is 21.4. The van der Waals surface area contributed by atoms with Gasteiger partial charge in [0.15, 0.2) is 0 Å². The number of nitrogens with zero attached hydrogens (tertiary/aromatic N) is 2. The number of carbonyl (C=O) groups is 2. The number of carbonyl (C=O) groups excluding carboxylic acids is 2. The summed E-state index contributed by atoms with van der Waals surface area (Å²) < 4.78 is 11.8. The lowest BCUT2D eigenvalue weighted by molar-refractivity contribution is 0.0597. The number of anilines is 2. The fourth-order valence-electron chi connectivity index (χ4n) is 6.63. The number of amides is 2. The van der Waals surface area contributed by atoms with E-state index in [9.17, 15) is 9.59 Å². The van der Waals surface area contributed by atoms with Crippen molar-refractivity contribution in [2.24, 2.45) is 5.92 Å². The van der Waals surface area contributed by atoms with Gasteiger partial charge in [-0.15, -0.1) is 0 Å². The van der Waals surface area contributed by atoms with Gasteiger partial charge in [-0.1, -0.05) is 6.07 Å². The highest BCUT2D eigenvalue weighted by molar-refractivity contribution is 6.04. The summed E-state index contributed by atoms with van der Waals surface area (Å²) in [6, 6.07) is 15.2. The number of nitriles is 1. The Hall–Kier alpha value is -4.29. The van der Waals surface area contributed by atoms with Gasteiger partial charge in [0, 0.05) is 66.8 Å². The second kappa shape index (κ2) is 9.47. The van der Waals surface area contributed by atoms with Gasteiger partial charge < -0.3 is 30.0 Å². The maximum Gasteiger partial charge on any atom is 0.272 e. The van der Waals surface area contributed by atoms with Gasteiger partial charge >= 0.3 is 0 Å². The molecule has 9 nitrogen and oxygen atoms in total. The first-order valence-electron chi connectivity index (χ1n) is 13.5. The van der Waals surface area contributed by atoms with E-state index in [-0.39, 0.29) is 23.8 Å². The van der Waals surface area contributed by atoms with Crippen LogP contribution in [0.15, 0.2) is 48.7 Å². The molecule has 39 heavy (non-hydrogen) atoms. The van der Waals surface area contributed by atoms with Crippen molar-refractivity contribution in [3.05, 3.63) is 76.6 Å². The van der Waals surface area contributed by atoms with E-state index in [1.165, 1.54) is 17.8 Å². The summed E-state index contributed by atoms with van der Waals surface area (Å²) in [7, 11) is 0. The largest absolute Gasteiger partial charge is 0.487 e. The van der Waals surface area contributed by atoms with Crippen molar-refractivity contribution in [3.8, 4) is 11.8 Å². The fraction of sp³-hybridized carbons (Fsp3) is 0.367. The Morgan fingerprint density at radius 1 is 1.08 bits per heavy atom. The number of fused-ring (bicyclic) bond motifs is 4. The van der Waals surface area contributed by atoms with E-state index >= 15 is 0 Å². The van der Waals surface area contributed by atoms with E-state index < -0.39 is 0 Å². The van der Waals surface area contributed by atoms with Crippen LogP contribution in [0.2, 0.25) is 0 Å². The Morgan fingerprint density at radius 3 is 2.77 bits per heavy atom. The van der Waals surface area contributed by atoms with Crippen molar-refractivity contribution in [2.45, 2.75) is 30.8 Å². The van der Waals surface area contributed by atoms with Crippen LogP contribution in [0.4, 0.5) is 11.4 Å². The van der Waals surface area contributed by atoms with E-state index in [0.29, 0.717) is 47.4 Å². The van der Waals surface area contributed by atoms with Gasteiger partial charge in [0.05, 0.1) is 12.1 Å². The Bertz CT molecular complexity index is 1500. The van der Waals surface area contributed by atoms with Crippen LogP contribution in [0.5, 0.6) is 5.75 Å². The predicted molar refractivity (Wildman–Crippen MR) is 144 cm³/mol. The smallest absolute Gasteiger partial charge is 0.272 e. The molecule has 7 rings (SSSR count). The predicted octanol–water partition coefficient (Wildman–Crippen LogP) is 4.07. The Kier molecular flexibility index (Phi) is 5.78. The monoisotopic (exact) mass is 523 g/mol. The second-order valence-corrected chi connectivity index (χ2v) is 10.8. The summed E-state index contributed by atoms with van der Waals surface area (Å²) in [6.45, 7) is 3.53. The molecular formula is C30H29N5O4.